The number of aryl methyl sites for hydroxylation is 1. The van der Waals surface area contributed by atoms with E-state index in [4.69, 9.17) is 0 Å². The summed E-state index contributed by atoms with van der Waals surface area (Å²) in [6, 6.07) is 11.0. The summed E-state index contributed by atoms with van der Waals surface area (Å²) < 4.78 is 0. The van der Waals surface area contributed by atoms with Crippen LogP contribution in [-0.2, 0) is 0 Å². The molecule has 0 aliphatic heterocycles. The molecule has 21 heavy (non-hydrogen) atoms. The third kappa shape index (κ3) is 3.72. The van der Waals surface area contributed by atoms with Crippen molar-refractivity contribution in [2.45, 2.75) is 26.7 Å². The van der Waals surface area contributed by atoms with E-state index in [0.29, 0.717) is 17.8 Å². The number of rotatable bonds is 5. The fraction of sp³-hybridized carbons (Fsp3) is 0.250. The highest BCUT2D eigenvalue weighted by Gasteiger charge is 2.14. The number of H-pyrrole nitrogens is 1. The van der Waals surface area contributed by atoms with Gasteiger partial charge in [-0.2, -0.15) is 5.10 Å². The molecule has 0 spiro atoms. The lowest BCUT2D eigenvalue weighted by atomic mass is 10.1. The summed E-state index contributed by atoms with van der Waals surface area (Å²) in [7, 11) is 0. The van der Waals surface area contributed by atoms with Gasteiger partial charge in [-0.1, -0.05) is 31.5 Å². The van der Waals surface area contributed by atoms with Crippen LogP contribution in [0.2, 0.25) is 0 Å². The summed E-state index contributed by atoms with van der Waals surface area (Å²) in [5, 5.41) is 14.3. The molecular weight excluding hydrogens is 266 g/mol. The van der Waals surface area contributed by atoms with Crippen LogP contribution in [0.4, 0.5) is 5.69 Å². The van der Waals surface area contributed by atoms with Gasteiger partial charge in [-0.25, -0.2) is 0 Å². The fourth-order valence-electron chi connectivity index (χ4n) is 2.07. The first-order valence-corrected chi connectivity index (χ1v) is 6.92. The summed E-state index contributed by atoms with van der Waals surface area (Å²) in [6.45, 7) is 3.72. The van der Waals surface area contributed by atoms with Crippen LogP contribution in [0, 0.1) is 6.92 Å². The predicted molar refractivity (Wildman–Crippen MR) is 85.0 cm³/mol. The molecule has 0 atom stereocenters. The van der Waals surface area contributed by atoms with Crippen LogP contribution in [0.3, 0.4) is 0 Å². The molecule has 5 heteroatoms. The van der Waals surface area contributed by atoms with Gasteiger partial charge in [-0.15, -0.1) is 0 Å². The molecule has 0 saturated carbocycles. The van der Waals surface area contributed by atoms with Crippen LogP contribution in [-0.4, -0.2) is 15.8 Å². The number of pyridine rings is 1. The van der Waals surface area contributed by atoms with E-state index in [-0.39, 0.29) is 16.9 Å². The molecule has 0 saturated heterocycles. The quantitative estimate of drug-likeness (QED) is 0.583. The highest BCUT2D eigenvalue weighted by molar-refractivity contribution is 6.02. The van der Waals surface area contributed by atoms with Crippen LogP contribution in [0.25, 0.3) is 0 Å². The molecule has 3 N–H and O–H groups in total. The van der Waals surface area contributed by atoms with Crippen molar-refractivity contribution >= 4 is 11.4 Å². The number of aromatic hydroxyl groups is 1. The maximum absolute atomic E-state index is 12.1. The average Bonchev–Trinajstić information content (AvgIpc) is 2.45. The van der Waals surface area contributed by atoms with Gasteiger partial charge in [0.1, 0.15) is 11.3 Å². The lowest BCUT2D eigenvalue weighted by Crippen LogP contribution is -2.20. The zero-order valence-corrected chi connectivity index (χ0v) is 12.2. The Balaban J connectivity index is 2.37. The van der Waals surface area contributed by atoms with Crippen LogP contribution < -0.4 is 11.0 Å². The summed E-state index contributed by atoms with van der Waals surface area (Å²) in [4.78, 5) is 14.8. The molecule has 0 aliphatic carbocycles. The molecule has 0 amide bonds. The third-order valence-corrected chi connectivity index (χ3v) is 3.02. The molecule has 0 unspecified atom stereocenters. The van der Waals surface area contributed by atoms with Crippen molar-refractivity contribution in [3.05, 3.63) is 58.0 Å². The maximum atomic E-state index is 12.1. The van der Waals surface area contributed by atoms with Crippen LogP contribution in [0.15, 0.2) is 46.3 Å². The lowest BCUT2D eigenvalue weighted by molar-refractivity contribution is 0.471. The molecular formula is C16H19N3O2. The molecule has 0 bridgehead atoms. The molecule has 0 fully saturated rings. The number of nitrogens with one attached hydrogen (secondary N) is 2. The van der Waals surface area contributed by atoms with Gasteiger partial charge in [-0.05, 0) is 31.5 Å². The molecule has 0 aliphatic rings. The zero-order chi connectivity index (χ0) is 15.2. The first-order valence-electron chi connectivity index (χ1n) is 6.92. The highest BCUT2D eigenvalue weighted by atomic mass is 16.3. The van der Waals surface area contributed by atoms with E-state index in [0.717, 1.165) is 12.1 Å². The number of aromatic amines is 1. The van der Waals surface area contributed by atoms with Gasteiger partial charge in [0.05, 0.1) is 11.4 Å². The van der Waals surface area contributed by atoms with E-state index in [1.165, 1.54) is 6.07 Å². The number of hydrogen-bond donors (Lipinski definition) is 3. The summed E-state index contributed by atoms with van der Waals surface area (Å²) >= 11 is 0. The van der Waals surface area contributed by atoms with E-state index < -0.39 is 0 Å². The van der Waals surface area contributed by atoms with Crippen molar-refractivity contribution in [2.24, 2.45) is 5.10 Å². The first kappa shape index (κ1) is 14.8. The second-order valence-corrected chi connectivity index (χ2v) is 4.83. The minimum Gasteiger partial charge on any atom is -0.507 e. The second-order valence-electron chi connectivity index (χ2n) is 4.83. The molecule has 1 heterocycles. The van der Waals surface area contributed by atoms with Crippen molar-refractivity contribution in [3.8, 4) is 5.75 Å². The monoisotopic (exact) mass is 285 g/mol. The highest BCUT2D eigenvalue weighted by Crippen LogP contribution is 2.17. The number of hydrogen-bond acceptors (Lipinski definition) is 4. The predicted octanol–water partition coefficient (Wildman–Crippen LogP) is 3.01. The fourth-order valence-corrected chi connectivity index (χ4v) is 2.07. The Labute approximate surface area is 123 Å². The smallest absolute Gasteiger partial charge is 0.261 e. The minimum atomic E-state index is -0.324. The SMILES string of the molecule is CCC/C(=N\Nc1ccccc1)c1c(O)cc(C)[nH]c1=O. The molecule has 110 valence electrons. The Hall–Kier alpha value is -2.56. The molecule has 0 radical (unpaired) electrons. The van der Waals surface area contributed by atoms with Gasteiger partial charge < -0.3 is 10.1 Å². The maximum Gasteiger partial charge on any atom is 0.261 e. The second kappa shape index (κ2) is 6.74. The average molecular weight is 285 g/mol. The van der Waals surface area contributed by atoms with Crippen molar-refractivity contribution in [3.63, 3.8) is 0 Å². The van der Waals surface area contributed by atoms with E-state index in [1.807, 2.05) is 37.3 Å². The van der Waals surface area contributed by atoms with E-state index in [1.54, 1.807) is 6.92 Å². The van der Waals surface area contributed by atoms with Crippen molar-refractivity contribution in [2.75, 3.05) is 5.43 Å². The Bertz CT molecular complexity index is 690. The van der Waals surface area contributed by atoms with Crippen molar-refractivity contribution in [1.82, 2.24) is 4.98 Å². The number of nitrogens with zero attached hydrogens (tertiary/aromatic N) is 1. The van der Waals surface area contributed by atoms with Crippen LogP contribution in [0.1, 0.15) is 31.0 Å². The van der Waals surface area contributed by atoms with Gasteiger partial charge in [0.25, 0.3) is 5.56 Å². The number of anilines is 1. The molecule has 2 rings (SSSR count). The molecule has 2 aromatic rings. The molecule has 5 nitrogen and oxygen atoms in total. The summed E-state index contributed by atoms with van der Waals surface area (Å²) in [5.41, 5.74) is 4.81. The Kier molecular flexibility index (Phi) is 4.77. The van der Waals surface area contributed by atoms with Gasteiger partial charge in [-0.3, -0.25) is 10.2 Å². The molecule has 1 aromatic heterocycles. The number of para-hydroxylation sites is 1. The van der Waals surface area contributed by atoms with Gasteiger partial charge in [0.2, 0.25) is 0 Å². The van der Waals surface area contributed by atoms with Gasteiger partial charge in [0, 0.05) is 5.69 Å². The van der Waals surface area contributed by atoms with Gasteiger partial charge >= 0.3 is 0 Å². The normalized spacial score (nSPS) is 11.4. The minimum absolute atomic E-state index is 0.0432. The Morgan fingerprint density at radius 2 is 2.05 bits per heavy atom. The summed E-state index contributed by atoms with van der Waals surface area (Å²) in [6.07, 6.45) is 1.42. The third-order valence-electron chi connectivity index (χ3n) is 3.02. The zero-order valence-electron chi connectivity index (χ0n) is 12.2. The van der Waals surface area contributed by atoms with Crippen LogP contribution in [0.5, 0.6) is 5.75 Å². The standard InChI is InChI=1S/C16H19N3O2/c1-3-7-13(19-18-12-8-5-4-6-9-12)15-14(20)10-11(2)17-16(15)21/h4-6,8-10,18H,3,7H2,1-2H3,(H2,17,20,21)/b19-13+. The Morgan fingerprint density at radius 3 is 2.67 bits per heavy atom. The number of hydrazone groups is 1. The topological polar surface area (TPSA) is 77.5 Å². The van der Waals surface area contributed by atoms with E-state index in [2.05, 4.69) is 15.5 Å². The van der Waals surface area contributed by atoms with E-state index >= 15 is 0 Å². The lowest BCUT2D eigenvalue weighted by Gasteiger charge is -2.09. The largest absolute Gasteiger partial charge is 0.507 e. The molecule has 1 aromatic carbocycles. The van der Waals surface area contributed by atoms with Crippen LogP contribution >= 0.6 is 0 Å². The first-order chi connectivity index (χ1) is 10.1. The summed E-state index contributed by atoms with van der Waals surface area (Å²) in [5.74, 6) is -0.0432. The number of aromatic nitrogens is 1. The van der Waals surface area contributed by atoms with Crippen molar-refractivity contribution in [1.29, 1.82) is 0 Å². The van der Waals surface area contributed by atoms with Gasteiger partial charge in [0.15, 0.2) is 0 Å². The Morgan fingerprint density at radius 1 is 1.33 bits per heavy atom. The number of benzene rings is 1. The van der Waals surface area contributed by atoms with E-state index in [9.17, 15) is 9.90 Å². The van der Waals surface area contributed by atoms with Crippen molar-refractivity contribution < 1.29 is 5.11 Å².